The van der Waals surface area contributed by atoms with Crippen LogP contribution < -0.4 is 5.69 Å². The van der Waals surface area contributed by atoms with Crippen molar-refractivity contribution in [2.45, 2.75) is 19.8 Å². The van der Waals surface area contributed by atoms with Crippen LogP contribution in [0.3, 0.4) is 0 Å². The van der Waals surface area contributed by atoms with E-state index < -0.39 is 0 Å². The van der Waals surface area contributed by atoms with Crippen LogP contribution in [0.5, 0.6) is 0 Å². The highest BCUT2D eigenvalue weighted by molar-refractivity contribution is 7.11. The van der Waals surface area contributed by atoms with Gasteiger partial charge in [0.05, 0.1) is 11.0 Å². The quantitative estimate of drug-likeness (QED) is 0.696. The predicted octanol–water partition coefficient (Wildman–Crippen LogP) is 2.04. The number of aromatic amines is 2. The van der Waals surface area contributed by atoms with Gasteiger partial charge in [-0.25, -0.2) is 4.79 Å². The van der Waals surface area contributed by atoms with Gasteiger partial charge >= 0.3 is 5.69 Å². The van der Waals surface area contributed by atoms with Crippen molar-refractivity contribution in [2.75, 3.05) is 0 Å². The van der Waals surface area contributed by atoms with Gasteiger partial charge in [0.15, 0.2) is 0 Å². The van der Waals surface area contributed by atoms with Crippen LogP contribution in [-0.2, 0) is 0 Å². The van der Waals surface area contributed by atoms with Crippen LogP contribution in [0.4, 0.5) is 0 Å². The van der Waals surface area contributed by atoms with E-state index in [1.165, 1.54) is 4.88 Å². The van der Waals surface area contributed by atoms with Crippen molar-refractivity contribution in [1.29, 1.82) is 0 Å². The lowest BCUT2D eigenvalue weighted by atomic mass is 10.2. The number of nitrogens with one attached hydrogen (secondary N) is 2. The summed E-state index contributed by atoms with van der Waals surface area (Å²) in [5, 5.41) is 1.97. The molecule has 0 saturated heterocycles. The second-order valence-electron chi connectivity index (χ2n) is 3.12. The molecule has 0 radical (unpaired) electrons. The zero-order valence-electron chi connectivity index (χ0n) is 6.97. The summed E-state index contributed by atoms with van der Waals surface area (Å²) in [6.45, 7) is 4.24. The molecule has 12 heavy (non-hydrogen) atoms. The highest BCUT2D eigenvalue weighted by atomic mass is 32.1. The van der Waals surface area contributed by atoms with E-state index in [9.17, 15) is 4.79 Å². The summed E-state index contributed by atoms with van der Waals surface area (Å²) in [7, 11) is 0. The normalized spacial score (nSPS) is 11.6. The van der Waals surface area contributed by atoms with Crippen LogP contribution >= 0.6 is 11.3 Å². The van der Waals surface area contributed by atoms with E-state index >= 15 is 0 Å². The summed E-state index contributed by atoms with van der Waals surface area (Å²) in [6.07, 6.45) is 0. The molecular formula is C8H10N2OS. The molecule has 0 aromatic carbocycles. The molecule has 0 aliphatic rings. The van der Waals surface area contributed by atoms with Crippen molar-refractivity contribution >= 4 is 22.4 Å². The molecule has 0 amide bonds. The van der Waals surface area contributed by atoms with Gasteiger partial charge in [-0.2, -0.15) is 0 Å². The average Bonchev–Trinajstić information content (AvgIpc) is 2.43. The number of fused-ring (bicyclic) bond motifs is 1. The van der Waals surface area contributed by atoms with Gasteiger partial charge in [-0.1, -0.05) is 13.8 Å². The van der Waals surface area contributed by atoms with E-state index in [-0.39, 0.29) is 5.69 Å². The van der Waals surface area contributed by atoms with Gasteiger partial charge in [-0.05, 0) is 5.92 Å². The topological polar surface area (TPSA) is 48.6 Å². The zero-order valence-corrected chi connectivity index (χ0v) is 7.79. The Morgan fingerprint density at radius 2 is 2.17 bits per heavy atom. The third-order valence-electron chi connectivity index (χ3n) is 1.83. The first-order valence-corrected chi connectivity index (χ1v) is 4.76. The lowest BCUT2D eigenvalue weighted by Crippen LogP contribution is -2.00. The Morgan fingerprint density at radius 1 is 1.42 bits per heavy atom. The maximum absolute atomic E-state index is 10.9. The van der Waals surface area contributed by atoms with Crippen molar-refractivity contribution in [2.24, 2.45) is 0 Å². The standard InChI is InChI=1S/C8H10N2OS/c1-4(2)7-6-5(3-12-7)9-8(11)10-6/h3-4H,1-2H3,(H2,9,10,11). The van der Waals surface area contributed by atoms with Crippen molar-refractivity contribution < 1.29 is 0 Å². The predicted molar refractivity (Wildman–Crippen MR) is 50.9 cm³/mol. The van der Waals surface area contributed by atoms with Crippen molar-refractivity contribution in [3.05, 3.63) is 20.7 Å². The highest BCUT2D eigenvalue weighted by Gasteiger charge is 2.09. The van der Waals surface area contributed by atoms with Crippen LogP contribution in [0, 0.1) is 0 Å². The Balaban J connectivity index is 2.76. The van der Waals surface area contributed by atoms with E-state index in [1.807, 2.05) is 5.38 Å². The molecule has 4 heteroatoms. The fourth-order valence-electron chi connectivity index (χ4n) is 1.29. The molecule has 2 aromatic heterocycles. The molecule has 0 aliphatic carbocycles. The maximum Gasteiger partial charge on any atom is 0.323 e. The van der Waals surface area contributed by atoms with Crippen LogP contribution in [-0.4, -0.2) is 9.97 Å². The third-order valence-corrected chi connectivity index (χ3v) is 3.11. The number of hydrogen-bond acceptors (Lipinski definition) is 2. The smallest absolute Gasteiger partial charge is 0.305 e. The third kappa shape index (κ3) is 0.992. The molecule has 0 bridgehead atoms. The zero-order chi connectivity index (χ0) is 8.72. The number of aromatic nitrogens is 2. The molecule has 0 aliphatic heterocycles. The molecule has 2 heterocycles. The van der Waals surface area contributed by atoms with Gasteiger partial charge in [-0.3, -0.25) is 0 Å². The highest BCUT2D eigenvalue weighted by Crippen LogP contribution is 2.28. The van der Waals surface area contributed by atoms with Gasteiger partial charge in [0, 0.05) is 10.3 Å². The molecule has 0 atom stereocenters. The molecule has 0 spiro atoms. The first-order chi connectivity index (χ1) is 5.68. The number of hydrogen-bond donors (Lipinski definition) is 2. The fraction of sp³-hybridized carbons (Fsp3) is 0.375. The molecule has 3 nitrogen and oxygen atoms in total. The number of thiophene rings is 1. The van der Waals surface area contributed by atoms with Crippen LogP contribution in [0.15, 0.2) is 10.2 Å². The summed E-state index contributed by atoms with van der Waals surface area (Å²) in [5.74, 6) is 0.471. The summed E-state index contributed by atoms with van der Waals surface area (Å²) < 4.78 is 0. The van der Waals surface area contributed by atoms with Crippen molar-refractivity contribution in [3.8, 4) is 0 Å². The molecule has 0 fully saturated rings. The Morgan fingerprint density at radius 3 is 2.83 bits per heavy atom. The maximum atomic E-state index is 10.9. The largest absolute Gasteiger partial charge is 0.323 e. The molecule has 2 aromatic rings. The van der Waals surface area contributed by atoms with Gasteiger partial charge in [-0.15, -0.1) is 11.3 Å². The first kappa shape index (κ1) is 7.61. The molecule has 2 rings (SSSR count). The Bertz CT molecular complexity index is 449. The fourth-order valence-corrected chi connectivity index (χ4v) is 2.26. The molecular weight excluding hydrogens is 172 g/mol. The van der Waals surface area contributed by atoms with E-state index in [2.05, 4.69) is 23.8 Å². The Kier molecular flexibility index (Phi) is 1.58. The second-order valence-corrected chi connectivity index (χ2v) is 4.03. The van der Waals surface area contributed by atoms with Gasteiger partial charge in [0.25, 0.3) is 0 Å². The number of H-pyrrole nitrogens is 2. The van der Waals surface area contributed by atoms with Crippen LogP contribution in [0.1, 0.15) is 24.6 Å². The number of imidazole rings is 1. The van der Waals surface area contributed by atoms with Gasteiger partial charge < -0.3 is 9.97 Å². The van der Waals surface area contributed by atoms with Crippen molar-refractivity contribution in [3.63, 3.8) is 0 Å². The lowest BCUT2D eigenvalue weighted by Gasteiger charge is -1.97. The molecule has 0 unspecified atom stereocenters. The van der Waals surface area contributed by atoms with E-state index in [0.717, 1.165) is 11.0 Å². The van der Waals surface area contributed by atoms with Crippen molar-refractivity contribution in [1.82, 2.24) is 9.97 Å². The first-order valence-electron chi connectivity index (χ1n) is 3.88. The minimum atomic E-state index is -0.116. The number of rotatable bonds is 1. The Labute approximate surface area is 73.4 Å². The molecule has 64 valence electrons. The van der Waals surface area contributed by atoms with Gasteiger partial charge in [0.2, 0.25) is 0 Å². The SMILES string of the molecule is CC(C)c1scc2[nH]c(=O)[nH]c12. The van der Waals surface area contributed by atoms with Crippen LogP contribution in [0.25, 0.3) is 11.0 Å². The van der Waals surface area contributed by atoms with E-state index in [4.69, 9.17) is 0 Å². The summed E-state index contributed by atoms with van der Waals surface area (Å²) >= 11 is 1.68. The average molecular weight is 182 g/mol. The lowest BCUT2D eigenvalue weighted by molar-refractivity contribution is 0.894. The summed E-state index contributed by atoms with van der Waals surface area (Å²) in [4.78, 5) is 17.7. The summed E-state index contributed by atoms with van der Waals surface area (Å²) in [5.41, 5.74) is 1.78. The van der Waals surface area contributed by atoms with E-state index in [1.54, 1.807) is 11.3 Å². The minimum absolute atomic E-state index is 0.116. The molecule has 0 saturated carbocycles. The van der Waals surface area contributed by atoms with Crippen LogP contribution in [0.2, 0.25) is 0 Å². The Hall–Kier alpha value is -1.03. The second kappa shape index (κ2) is 2.48. The minimum Gasteiger partial charge on any atom is -0.305 e. The summed E-state index contributed by atoms with van der Waals surface area (Å²) in [6, 6.07) is 0. The van der Waals surface area contributed by atoms with Gasteiger partial charge in [0.1, 0.15) is 0 Å². The molecule has 2 N–H and O–H groups in total. The van der Waals surface area contributed by atoms with E-state index in [0.29, 0.717) is 5.92 Å². The monoisotopic (exact) mass is 182 g/mol.